The summed E-state index contributed by atoms with van der Waals surface area (Å²) in [5.41, 5.74) is 0. The van der Waals surface area contributed by atoms with Crippen molar-refractivity contribution in [3.8, 4) is 0 Å². The van der Waals surface area contributed by atoms with Crippen LogP contribution < -0.4 is 40.0 Å². The van der Waals surface area contributed by atoms with Crippen LogP contribution in [0, 0.1) is 0 Å². The first kappa shape index (κ1) is 12.4. The molecule has 4 heteroatoms. The zero-order chi connectivity index (χ0) is 8.10. The van der Waals surface area contributed by atoms with E-state index in [0.717, 1.165) is 0 Å². The second-order valence-electron chi connectivity index (χ2n) is 3.06. The minimum absolute atomic E-state index is 0. The smallest absolute Gasteiger partial charge is 0.550 e. The van der Waals surface area contributed by atoms with E-state index in [4.69, 9.17) is 0 Å². The standard InChI is InChI=1S/C8H15NO2.Na/c10-8(11)5-6-9-7-3-1-2-4-7;/h7,9H,1-6H2,(H,10,11);/q;+1/p-1. The van der Waals surface area contributed by atoms with Crippen molar-refractivity contribution < 1.29 is 39.5 Å². The maximum Gasteiger partial charge on any atom is 1.00 e. The van der Waals surface area contributed by atoms with E-state index < -0.39 is 5.97 Å². The van der Waals surface area contributed by atoms with Crippen molar-refractivity contribution in [1.82, 2.24) is 5.32 Å². The van der Waals surface area contributed by atoms with Gasteiger partial charge in [0.05, 0.1) is 0 Å². The number of hydrogen-bond acceptors (Lipinski definition) is 3. The summed E-state index contributed by atoms with van der Waals surface area (Å²) >= 11 is 0. The molecule has 0 bridgehead atoms. The summed E-state index contributed by atoms with van der Waals surface area (Å²) in [5.74, 6) is -0.963. The molecule has 0 spiro atoms. The molecular formula is C8H14NNaO2. The van der Waals surface area contributed by atoms with Crippen LogP contribution in [0.4, 0.5) is 0 Å². The maximum absolute atomic E-state index is 10.0. The Morgan fingerprint density at radius 3 is 2.50 bits per heavy atom. The van der Waals surface area contributed by atoms with Crippen LogP contribution in [0.5, 0.6) is 0 Å². The van der Waals surface area contributed by atoms with E-state index in [-0.39, 0.29) is 36.0 Å². The number of carbonyl (C=O) groups is 1. The molecule has 1 fully saturated rings. The Bertz CT molecular complexity index is 135. The maximum atomic E-state index is 10.0. The molecule has 1 saturated carbocycles. The molecule has 0 radical (unpaired) electrons. The zero-order valence-corrected chi connectivity index (χ0v) is 9.64. The molecule has 12 heavy (non-hydrogen) atoms. The number of rotatable bonds is 4. The zero-order valence-electron chi connectivity index (χ0n) is 7.64. The Labute approximate surface area is 95.2 Å². The molecule has 1 N–H and O–H groups in total. The van der Waals surface area contributed by atoms with E-state index in [1.807, 2.05) is 0 Å². The summed E-state index contributed by atoms with van der Waals surface area (Å²) in [5, 5.41) is 13.2. The predicted octanol–water partition coefficient (Wildman–Crippen LogP) is -3.34. The number of carboxylic acids is 1. The Hall–Kier alpha value is 0.430. The van der Waals surface area contributed by atoms with E-state index in [0.29, 0.717) is 12.6 Å². The number of hydrogen-bond donors (Lipinski definition) is 1. The second-order valence-corrected chi connectivity index (χ2v) is 3.06. The van der Waals surface area contributed by atoms with Gasteiger partial charge in [-0.05, 0) is 19.3 Å². The fourth-order valence-corrected chi connectivity index (χ4v) is 1.51. The van der Waals surface area contributed by atoms with Gasteiger partial charge in [0.2, 0.25) is 0 Å². The van der Waals surface area contributed by atoms with Gasteiger partial charge in [-0.15, -0.1) is 0 Å². The summed E-state index contributed by atoms with van der Waals surface area (Å²) < 4.78 is 0. The van der Waals surface area contributed by atoms with E-state index in [2.05, 4.69) is 5.32 Å². The largest absolute Gasteiger partial charge is 1.00 e. The SMILES string of the molecule is O=C([O-])CCNC1CCCC1.[Na+]. The molecule has 1 aliphatic rings. The van der Waals surface area contributed by atoms with Crippen LogP contribution in [-0.4, -0.2) is 18.6 Å². The van der Waals surface area contributed by atoms with Gasteiger partial charge in [-0.25, -0.2) is 0 Å². The third kappa shape index (κ3) is 5.14. The fourth-order valence-electron chi connectivity index (χ4n) is 1.51. The molecule has 64 valence electrons. The summed E-state index contributed by atoms with van der Waals surface area (Å²) in [6.45, 7) is 0.562. The van der Waals surface area contributed by atoms with Crippen molar-refractivity contribution in [3.05, 3.63) is 0 Å². The van der Waals surface area contributed by atoms with Crippen LogP contribution in [0.2, 0.25) is 0 Å². The van der Waals surface area contributed by atoms with Crippen LogP contribution in [0.25, 0.3) is 0 Å². The molecule has 1 aliphatic carbocycles. The molecule has 0 heterocycles. The van der Waals surface area contributed by atoms with Crippen LogP contribution in [-0.2, 0) is 4.79 Å². The Kier molecular flexibility index (Phi) is 7.14. The molecule has 0 atom stereocenters. The van der Waals surface area contributed by atoms with Crippen LogP contribution >= 0.6 is 0 Å². The summed E-state index contributed by atoms with van der Waals surface area (Å²) in [4.78, 5) is 10.0. The molecular weight excluding hydrogens is 165 g/mol. The normalized spacial score (nSPS) is 17.3. The third-order valence-electron chi connectivity index (χ3n) is 2.12. The van der Waals surface area contributed by atoms with Crippen molar-refractivity contribution in [2.75, 3.05) is 6.54 Å². The van der Waals surface area contributed by atoms with E-state index in [1.54, 1.807) is 0 Å². The van der Waals surface area contributed by atoms with Crippen molar-refractivity contribution in [2.45, 2.75) is 38.1 Å². The Balaban J connectivity index is 0.00000121. The average Bonchev–Trinajstić information content (AvgIpc) is 2.39. The minimum atomic E-state index is -0.963. The van der Waals surface area contributed by atoms with Gasteiger partial charge in [0.1, 0.15) is 0 Å². The van der Waals surface area contributed by atoms with Crippen LogP contribution in [0.1, 0.15) is 32.1 Å². The van der Waals surface area contributed by atoms with Gasteiger partial charge < -0.3 is 15.2 Å². The fraction of sp³-hybridized carbons (Fsp3) is 0.875. The van der Waals surface area contributed by atoms with Gasteiger partial charge in [0, 0.05) is 18.6 Å². The third-order valence-corrected chi connectivity index (χ3v) is 2.12. The van der Waals surface area contributed by atoms with Gasteiger partial charge in [-0.2, -0.15) is 0 Å². The predicted molar refractivity (Wildman–Crippen MR) is 39.9 cm³/mol. The average molecular weight is 179 g/mol. The monoisotopic (exact) mass is 179 g/mol. The van der Waals surface area contributed by atoms with Gasteiger partial charge in [0.15, 0.2) is 0 Å². The molecule has 0 unspecified atom stereocenters. The first-order chi connectivity index (χ1) is 5.29. The van der Waals surface area contributed by atoms with Gasteiger partial charge in [0.25, 0.3) is 0 Å². The molecule has 0 aromatic carbocycles. The molecule has 0 amide bonds. The summed E-state index contributed by atoms with van der Waals surface area (Å²) in [6.07, 6.45) is 5.10. The van der Waals surface area contributed by atoms with E-state index >= 15 is 0 Å². The Morgan fingerprint density at radius 1 is 1.42 bits per heavy atom. The van der Waals surface area contributed by atoms with Gasteiger partial charge >= 0.3 is 29.6 Å². The minimum Gasteiger partial charge on any atom is -0.550 e. The van der Waals surface area contributed by atoms with E-state index in [9.17, 15) is 9.90 Å². The van der Waals surface area contributed by atoms with Crippen LogP contribution in [0.15, 0.2) is 0 Å². The summed E-state index contributed by atoms with van der Waals surface area (Å²) in [6, 6.07) is 0.564. The van der Waals surface area contributed by atoms with Crippen molar-refractivity contribution >= 4 is 5.97 Å². The molecule has 0 aromatic heterocycles. The summed E-state index contributed by atoms with van der Waals surface area (Å²) in [7, 11) is 0. The quantitative estimate of drug-likeness (QED) is 0.459. The van der Waals surface area contributed by atoms with Crippen molar-refractivity contribution in [2.24, 2.45) is 0 Å². The molecule has 0 saturated heterocycles. The molecule has 0 aromatic rings. The van der Waals surface area contributed by atoms with E-state index in [1.165, 1.54) is 25.7 Å². The van der Waals surface area contributed by atoms with Crippen LogP contribution in [0.3, 0.4) is 0 Å². The number of nitrogens with one attached hydrogen (secondary N) is 1. The Morgan fingerprint density at radius 2 is 2.00 bits per heavy atom. The first-order valence-corrected chi connectivity index (χ1v) is 4.22. The van der Waals surface area contributed by atoms with Crippen molar-refractivity contribution in [3.63, 3.8) is 0 Å². The molecule has 0 aliphatic heterocycles. The van der Waals surface area contributed by atoms with Gasteiger partial charge in [-0.1, -0.05) is 12.8 Å². The number of aliphatic carboxylic acids is 1. The topological polar surface area (TPSA) is 52.2 Å². The van der Waals surface area contributed by atoms with Crippen molar-refractivity contribution in [1.29, 1.82) is 0 Å². The number of carbonyl (C=O) groups excluding carboxylic acids is 1. The number of carboxylic acid groups (broad SMARTS) is 1. The second kappa shape index (κ2) is 6.89. The molecule has 1 rings (SSSR count). The molecule has 3 nitrogen and oxygen atoms in total. The van der Waals surface area contributed by atoms with Gasteiger partial charge in [-0.3, -0.25) is 0 Å². The first-order valence-electron chi connectivity index (χ1n) is 4.22.